The molecule has 0 aliphatic carbocycles. The molecule has 2 aliphatic heterocycles. The van der Waals surface area contributed by atoms with Gasteiger partial charge in [-0.1, -0.05) is 0 Å². The fourth-order valence-corrected chi connectivity index (χ4v) is 3.78. The molecular formula is C14H25NO3S. The van der Waals surface area contributed by atoms with Crippen molar-refractivity contribution >= 4 is 17.7 Å². The molecule has 0 saturated carbocycles. The molecule has 2 fully saturated rings. The van der Waals surface area contributed by atoms with E-state index in [2.05, 4.69) is 0 Å². The minimum absolute atomic E-state index is 0.103. The van der Waals surface area contributed by atoms with Crippen molar-refractivity contribution in [3.8, 4) is 0 Å². The summed E-state index contributed by atoms with van der Waals surface area (Å²) in [5.41, 5.74) is 0. The van der Waals surface area contributed by atoms with E-state index in [1.807, 2.05) is 30.5 Å². The lowest BCUT2D eigenvalue weighted by molar-refractivity contribution is -0.141. The molecule has 2 aliphatic rings. The van der Waals surface area contributed by atoms with Gasteiger partial charge in [-0.3, -0.25) is 4.79 Å². The van der Waals surface area contributed by atoms with Gasteiger partial charge in [0.1, 0.15) is 6.61 Å². The lowest BCUT2D eigenvalue weighted by Gasteiger charge is -2.31. The Morgan fingerprint density at radius 2 is 2.32 bits per heavy atom. The van der Waals surface area contributed by atoms with Crippen LogP contribution >= 0.6 is 11.8 Å². The van der Waals surface area contributed by atoms with Crippen molar-refractivity contribution < 1.29 is 14.3 Å². The second-order valence-electron chi connectivity index (χ2n) is 5.56. The molecule has 2 rings (SSSR count). The number of carbonyl (C=O) groups is 1. The zero-order chi connectivity index (χ0) is 13.7. The van der Waals surface area contributed by atoms with Gasteiger partial charge in [-0.05, 0) is 38.9 Å². The number of hydrogen-bond acceptors (Lipinski definition) is 4. The molecule has 110 valence electrons. The smallest absolute Gasteiger partial charge is 0.248 e. The molecule has 2 saturated heterocycles. The van der Waals surface area contributed by atoms with Crippen LogP contribution in [-0.2, 0) is 14.3 Å². The van der Waals surface area contributed by atoms with Gasteiger partial charge in [0.05, 0.1) is 12.2 Å². The number of amides is 1. The van der Waals surface area contributed by atoms with Crippen LogP contribution in [0.4, 0.5) is 0 Å². The van der Waals surface area contributed by atoms with Gasteiger partial charge in [-0.25, -0.2) is 0 Å². The van der Waals surface area contributed by atoms with Crippen LogP contribution in [0.5, 0.6) is 0 Å². The Morgan fingerprint density at radius 3 is 2.89 bits per heavy atom. The Bertz CT molecular complexity index is 286. The van der Waals surface area contributed by atoms with Crippen LogP contribution in [0, 0.1) is 0 Å². The first-order valence-electron chi connectivity index (χ1n) is 7.27. The summed E-state index contributed by atoms with van der Waals surface area (Å²) in [6, 6.07) is 0.373. The topological polar surface area (TPSA) is 38.8 Å². The van der Waals surface area contributed by atoms with Gasteiger partial charge in [0.15, 0.2) is 0 Å². The van der Waals surface area contributed by atoms with Crippen LogP contribution in [0.3, 0.4) is 0 Å². The lowest BCUT2D eigenvalue weighted by Crippen LogP contribution is -2.46. The zero-order valence-corrected chi connectivity index (χ0v) is 12.8. The van der Waals surface area contributed by atoms with Crippen LogP contribution in [0.15, 0.2) is 0 Å². The minimum atomic E-state index is 0.103. The zero-order valence-electron chi connectivity index (χ0n) is 12.0. The van der Waals surface area contributed by atoms with Gasteiger partial charge in [0.2, 0.25) is 5.91 Å². The quantitative estimate of drug-likeness (QED) is 0.748. The summed E-state index contributed by atoms with van der Waals surface area (Å²) in [5.74, 6) is 2.34. The number of rotatable bonds is 6. The lowest BCUT2D eigenvalue weighted by atomic mass is 10.1. The Balaban J connectivity index is 1.89. The van der Waals surface area contributed by atoms with Gasteiger partial charge >= 0.3 is 0 Å². The van der Waals surface area contributed by atoms with Gasteiger partial charge in [-0.2, -0.15) is 11.8 Å². The Kier molecular flexibility index (Phi) is 5.98. The van der Waals surface area contributed by atoms with Crippen LogP contribution in [0.25, 0.3) is 0 Å². The molecule has 1 amide bonds. The fourth-order valence-electron chi connectivity index (χ4n) is 2.55. The van der Waals surface area contributed by atoms with E-state index in [-0.39, 0.29) is 24.7 Å². The van der Waals surface area contributed by atoms with Crippen LogP contribution in [-0.4, -0.2) is 60.3 Å². The van der Waals surface area contributed by atoms with Crippen molar-refractivity contribution in [2.45, 2.75) is 51.4 Å². The number of carbonyl (C=O) groups excluding carboxylic acids is 1. The average Bonchev–Trinajstić information content (AvgIpc) is 3.05. The maximum Gasteiger partial charge on any atom is 0.248 e. The summed E-state index contributed by atoms with van der Waals surface area (Å²) in [6.07, 6.45) is 3.63. The molecular weight excluding hydrogens is 262 g/mol. The fraction of sp³-hybridized carbons (Fsp3) is 0.929. The molecule has 0 spiro atoms. The van der Waals surface area contributed by atoms with E-state index in [1.165, 1.54) is 0 Å². The molecule has 0 aromatic carbocycles. The highest BCUT2D eigenvalue weighted by atomic mass is 32.2. The molecule has 0 bridgehead atoms. The second-order valence-corrected chi connectivity index (χ2v) is 6.71. The molecule has 0 aromatic heterocycles. The number of thioether (sulfide) groups is 1. The molecule has 2 heterocycles. The van der Waals surface area contributed by atoms with E-state index < -0.39 is 0 Å². The van der Waals surface area contributed by atoms with Gasteiger partial charge in [0, 0.05) is 24.9 Å². The van der Waals surface area contributed by atoms with E-state index in [0.717, 1.165) is 43.9 Å². The second kappa shape index (κ2) is 7.50. The highest BCUT2D eigenvalue weighted by molar-refractivity contribution is 7.99. The SMILES string of the molecule is CC(C)OCC(=O)N(CC1CCCO1)C1CCSC1. The molecule has 0 radical (unpaired) electrons. The monoisotopic (exact) mass is 287 g/mol. The standard InChI is InChI=1S/C14H25NO3S/c1-11(2)18-9-14(16)15(12-5-7-19-10-12)8-13-4-3-6-17-13/h11-13H,3-10H2,1-2H3. The third-order valence-electron chi connectivity index (χ3n) is 3.63. The van der Waals surface area contributed by atoms with Gasteiger partial charge in [0.25, 0.3) is 0 Å². The molecule has 2 atom stereocenters. The number of ether oxygens (including phenoxy) is 2. The molecule has 4 nitrogen and oxygen atoms in total. The first-order chi connectivity index (χ1) is 9.16. The van der Waals surface area contributed by atoms with E-state index >= 15 is 0 Å². The van der Waals surface area contributed by atoms with Gasteiger partial charge < -0.3 is 14.4 Å². The maximum absolute atomic E-state index is 12.4. The van der Waals surface area contributed by atoms with Crippen molar-refractivity contribution in [1.82, 2.24) is 4.90 Å². The van der Waals surface area contributed by atoms with Gasteiger partial charge in [-0.15, -0.1) is 0 Å². The van der Waals surface area contributed by atoms with Crippen LogP contribution < -0.4 is 0 Å². The Morgan fingerprint density at radius 1 is 1.47 bits per heavy atom. The van der Waals surface area contributed by atoms with Crippen LogP contribution in [0.2, 0.25) is 0 Å². The van der Waals surface area contributed by atoms with E-state index in [9.17, 15) is 4.79 Å². The highest BCUT2D eigenvalue weighted by Gasteiger charge is 2.30. The summed E-state index contributed by atoms with van der Waals surface area (Å²) in [6.45, 7) is 5.71. The highest BCUT2D eigenvalue weighted by Crippen LogP contribution is 2.24. The summed E-state index contributed by atoms with van der Waals surface area (Å²) < 4.78 is 11.1. The molecule has 2 unspecified atom stereocenters. The largest absolute Gasteiger partial charge is 0.376 e. The summed E-state index contributed by atoms with van der Waals surface area (Å²) >= 11 is 1.93. The van der Waals surface area contributed by atoms with Crippen molar-refractivity contribution in [2.75, 3.05) is 31.3 Å². The first-order valence-corrected chi connectivity index (χ1v) is 8.42. The minimum Gasteiger partial charge on any atom is -0.376 e. The van der Waals surface area contributed by atoms with Crippen molar-refractivity contribution in [3.05, 3.63) is 0 Å². The third-order valence-corrected chi connectivity index (χ3v) is 4.78. The van der Waals surface area contributed by atoms with Crippen molar-refractivity contribution in [2.24, 2.45) is 0 Å². The van der Waals surface area contributed by atoms with E-state index in [4.69, 9.17) is 9.47 Å². The Labute approximate surface area is 120 Å². The average molecular weight is 287 g/mol. The maximum atomic E-state index is 12.4. The van der Waals surface area contributed by atoms with Crippen LogP contribution in [0.1, 0.15) is 33.1 Å². The van der Waals surface area contributed by atoms with E-state index in [0.29, 0.717) is 6.04 Å². The predicted octanol–water partition coefficient (Wildman–Crippen LogP) is 1.92. The molecule has 19 heavy (non-hydrogen) atoms. The normalized spacial score (nSPS) is 27.1. The molecule has 0 aromatic rings. The van der Waals surface area contributed by atoms with Crippen molar-refractivity contribution in [1.29, 1.82) is 0 Å². The Hall–Kier alpha value is -0.260. The number of hydrogen-bond donors (Lipinski definition) is 0. The van der Waals surface area contributed by atoms with Crippen molar-refractivity contribution in [3.63, 3.8) is 0 Å². The molecule has 5 heteroatoms. The third kappa shape index (κ3) is 4.65. The predicted molar refractivity (Wildman–Crippen MR) is 77.5 cm³/mol. The molecule has 0 N–H and O–H groups in total. The number of nitrogens with zero attached hydrogens (tertiary/aromatic N) is 1. The van der Waals surface area contributed by atoms with E-state index in [1.54, 1.807) is 0 Å². The summed E-state index contributed by atoms with van der Waals surface area (Å²) in [5, 5.41) is 0. The summed E-state index contributed by atoms with van der Waals surface area (Å²) in [4.78, 5) is 14.4. The summed E-state index contributed by atoms with van der Waals surface area (Å²) in [7, 11) is 0. The first kappa shape index (κ1) is 15.1.